The number of hydrogen-bond donors (Lipinski definition) is 1. The third kappa shape index (κ3) is 2.43. The summed E-state index contributed by atoms with van der Waals surface area (Å²) < 4.78 is 0.955. The first-order valence-corrected chi connectivity index (χ1v) is 7.11. The van der Waals surface area contributed by atoms with Crippen LogP contribution < -0.4 is 10.2 Å². The smallest absolute Gasteiger partial charge is 0.148 e. The van der Waals surface area contributed by atoms with Gasteiger partial charge in [0.1, 0.15) is 22.4 Å². The normalized spacial score (nSPS) is 20.9. The largest absolute Gasteiger partial charge is 0.372 e. The van der Waals surface area contributed by atoms with Crippen molar-refractivity contribution in [1.29, 1.82) is 0 Å². The van der Waals surface area contributed by atoms with Gasteiger partial charge in [0.25, 0.3) is 0 Å². The minimum atomic E-state index is 0.661. The van der Waals surface area contributed by atoms with Crippen LogP contribution in [0.15, 0.2) is 10.8 Å². The van der Waals surface area contributed by atoms with Crippen molar-refractivity contribution in [3.8, 4) is 0 Å². The van der Waals surface area contributed by atoms with Crippen LogP contribution in [0.2, 0.25) is 0 Å². The second-order valence-corrected chi connectivity index (χ2v) is 6.08. The Labute approximate surface area is 108 Å². The molecule has 1 aliphatic rings. The van der Waals surface area contributed by atoms with Gasteiger partial charge in [-0.15, -0.1) is 0 Å². The Balaban J connectivity index is 2.25. The number of hydrogen-bond acceptors (Lipinski definition) is 5. The summed E-state index contributed by atoms with van der Waals surface area (Å²) in [7, 11) is 1.87. The molecule has 2 rings (SSSR count). The number of halogens is 1. The van der Waals surface area contributed by atoms with E-state index in [0.29, 0.717) is 5.25 Å². The summed E-state index contributed by atoms with van der Waals surface area (Å²) in [6, 6.07) is 0. The van der Waals surface area contributed by atoms with Crippen molar-refractivity contribution in [1.82, 2.24) is 9.97 Å². The molecule has 0 radical (unpaired) electrons. The summed E-state index contributed by atoms with van der Waals surface area (Å²) in [6.07, 6.45) is 1.61. The molecule has 1 unspecified atom stereocenters. The highest BCUT2D eigenvalue weighted by Gasteiger charge is 2.21. The number of aromatic nitrogens is 2. The molecule has 1 N–H and O–H groups in total. The van der Waals surface area contributed by atoms with Crippen LogP contribution in [-0.2, 0) is 0 Å². The minimum Gasteiger partial charge on any atom is -0.372 e. The Morgan fingerprint density at radius 3 is 3.06 bits per heavy atom. The van der Waals surface area contributed by atoms with Gasteiger partial charge in [-0.1, -0.05) is 6.92 Å². The van der Waals surface area contributed by atoms with Crippen molar-refractivity contribution in [2.45, 2.75) is 12.2 Å². The molecular weight excluding hydrogens is 288 g/mol. The van der Waals surface area contributed by atoms with E-state index in [1.807, 2.05) is 18.8 Å². The van der Waals surface area contributed by atoms with E-state index in [1.165, 1.54) is 0 Å². The van der Waals surface area contributed by atoms with Gasteiger partial charge in [-0.25, -0.2) is 9.97 Å². The summed E-state index contributed by atoms with van der Waals surface area (Å²) >= 11 is 5.58. The zero-order valence-corrected chi connectivity index (χ0v) is 11.8. The lowest BCUT2D eigenvalue weighted by Crippen LogP contribution is -2.37. The molecule has 0 amide bonds. The van der Waals surface area contributed by atoms with E-state index in [4.69, 9.17) is 0 Å². The van der Waals surface area contributed by atoms with E-state index < -0.39 is 0 Å². The number of nitrogens with zero attached hydrogens (tertiary/aromatic N) is 3. The average Bonchev–Trinajstić information content (AvgIpc) is 2.29. The summed E-state index contributed by atoms with van der Waals surface area (Å²) in [4.78, 5) is 10.8. The van der Waals surface area contributed by atoms with Crippen LogP contribution in [0.4, 0.5) is 11.6 Å². The zero-order chi connectivity index (χ0) is 11.5. The fraction of sp³-hybridized carbons (Fsp3) is 0.600. The molecule has 4 nitrogen and oxygen atoms in total. The lowest BCUT2D eigenvalue weighted by Gasteiger charge is -2.32. The highest BCUT2D eigenvalue weighted by Crippen LogP contribution is 2.31. The summed E-state index contributed by atoms with van der Waals surface area (Å²) in [5.74, 6) is 2.99. The van der Waals surface area contributed by atoms with Gasteiger partial charge in [-0.05, 0) is 15.9 Å². The molecule has 0 saturated carbocycles. The van der Waals surface area contributed by atoms with E-state index in [2.05, 4.69) is 43.0 Å². The lowest BCUT2D eigenvalue weighted by molar-refractivity contribution is 0.766. The van der Waals surface area contributed by atoms with Crippen molar-refractivity contribution in [2.75, 3.05) is 36.1 Å². The molecular formula is C10H15BrN4S. The van der Waals surface area contributed by atoms with E-state index in [9.17, 15) is 0 Å². The van der Waals surface area contributed by atoms with Crippen LogP contribution in [0.3, 0.4) is 0 Å². The zero-order valence-electron chi connectivity index (χ0n) is 9.40. The van der Waals surface area contributed by atoms with E-state index >= 15 is 0 Å². The molecule has 0 spiro atoms. The third-order valence-electron chi connectivity index (χ3n) is 2.55. The summed E-state index contributed by atoms with van der Waals surface area (Å²) in [5, 5.41) is 3.72. The van der Waals surface area contributed by atoms with Crippen LogP contribution in [0.25, 0.3) is 0 Å². The van der Waals surface area contributed by atoms with Crippen molar-refractivity contribution in [2.24, 2.45) is 0 Å². The van der Waals surface area contributed by atoms with Gasteiger partial charge in [0.05, 0.1) is 0 Å². The molecule has 1 atom stereocenters. The standard InChI is InChI=1S/C10H15BrN4S/c1-7-5-15(3-4-16-7)10-8(11)9(12-2)13-6-14-10/h6-7H,3-5H2,1-2H3,(H,12,13,14). The molecule has 6 heteroatoms. The van der Waals surface area contributed by atoms with Gasteiger partial charge < -0.3 is 10.2 Å². The first-order chi connectivity index (χ1) is 7.72. The third-order valence-corrected chi connectivity index (χ3v) is 4.42. The van der Waals surface area contributed by atoms with Crippen LogP contribution in [0.1, 0.15) is 6.92 Å². The SMILES string of the molecule is CNc1ncnc(N2CCSC(C)C2)c1Br. The fourth-order valence-corrected chi connectivity index (χ4v) is 3.43. The molecule has 88 valence electrons. The molecule has 1 aromatic heterocycles. The molecule has 16 heavy (non-hydrogen) atoms. The maximum Gasteiger partial charge on any atom is 0.148 e. The van der Waals surface area contributed by atoms with Crippen molar-refractivity contribution in [3.05, 3.63) is 10.8 Å². The molecule has 1 saturated heterocycles. The van der Waals surface area contributed by atoms with Crippen molar-refractivity contribution < 1.29 is 0 Å². The molecule has 0 bridgehead atoms. The Hall–Kier alpha value is -0.490. The van der Waals surface area contributed by atoms with Crippen molar-refractivity contribution in [3.63, 3.8) is 0 Å². The predicted molar refractivity (Wildman–Crippen MR) is 73.4 cm³/mol. The maximum atomic E-state index is 4.36. The van der Waals surface area contributed by atoms with Crippen LogP contribution in [0, 0.1) is 0 Å². The molecule has 0 aromatic carbocycles. The van der Waals surface area contributed by atoms with Gasteiger partial charge in [-0.3, -0.25) is 0 Å². The van der Waals surface area contributed by atoms with E-state index in [-0.39, 0.29) is 0 Å². The summed E-state index contributed by atoms with van der Waals surface area (Å²) in [5.41, 5.74) is 0. The lowest BCUT2D eigenvalue weighted by atomic mass is 10.3. The Morgan fingerprint density at radius 1 is 1.56 bits per heavy atom. The van der Waals surface area contributed by atoms with E-state index in [0.717, 1.165) is 35.0 Å². The highest BCUT2D eigenvalue weighted by molar-refractivity contribution is 9.10. The monoisotopic (exact) mass is 302 g/mol. The molecule has 0 aliphatic carbocycles. The second kappa shape index (κ2) is 5.23. The van der Waals surface area contributed by atoms with Crippen molar-refractivity contribution >= 4 is 39.3 Å². The van der Waals surface area contributed by atoms with Crippen LogP contribution in [-0.4, -0.2) is 41.1 Å². The number of rotatable bonds is 2. The summed E-state index contributed by atoms with van der Waals surface area (Å²) in [6.45, 7) is 4.35. The van der Waals surface area contributed by atoms with Crippen LogP contribution >= 0.6 is 27.7 Å². The van der Waals surface area contributed by atoms with Crippen LogP contribution in [0.5, 0.6) is 0 Å². The first kappa shape index (κ1) is 12.0. The maximum absolute atomic E-state index is 4.36. The Morgan fingerprint density at radius 2 is 2.38 bits per heavy atom. The van der Waals surface area contributed by atoms with Gasteiger partial charge in [0.15, 0.2) is 0 Å². The highest BCUT2D eigenvalue weighted by atomic mass is 79.9. The number of anilines is 2. The van der Waals surface area contributed by atoms with Gasteiger partial charge in [-0.2, -0.15) is 11.8 Å². The van der Waals surface area contributed by atoms with Gasteiger partial charge in [0, 0.05) is 31.1 Å². The molecule has 1 aromatic rings. The van der Waals surface area contributed by atoms with Gasteiger partial charge in [0.2, 0.25) is 0 Å². The van der Waals surface area contributed by atoms with Gasteiger partial charge >= 0.3 is 0 Å². The second-order valence-electron chi connectivity index (χ2n) is 3.74. The Kier molecular flexibility index (Phi) is 3.91. The quantitative estimate of drug-likeness (QED) is 0.907. The predicted octanol–water partition coefficient (Wildman–Crippen LogP) is 2.22. The molecule has 1 fully saturated rings. The Bertz CT molecular complexity index is 374. The first-order valence-electron chi connectivity index (χ1n) is 5.27. The number of thioether (sulfide) groups is 1. The average molecular weight is 303 g/mol. The molecule has 2 heterocycles. The van der Waals surface area contributed by atoms with E-state index in [1.54, 1.807) is 6.33 Å². The molecule has 1 aliphatic heterocycles. The minimum absolute atomic E-state index is 0.661. The fourth-order valence-electron chi connectivity index (χ4n) is 1.77. The number of nitrogens with one attached hydrogen (secondary N) is 1. The topological polar surface area (TPSA) is 41.1 Å².